The molecule has 0 radical (unpaired) electrons. The number of nitrogens with one attached hydrogen (secondary N) is 1. The van der Waals surface area contributed by atoms with Gasteiger partial charge in [-0.2, -0.15) is 10.2 Å². The molecule has 0 bridgehead atoms. The zero-order valence-electron chi connectivity index (χ0n) is 13.4. The number of rotatable bonds is 5. The van der Waals surface area contributed by atoms with E-state index in [2.05, 4.69) is 31.6 Å². The highest BCUT2D eigenvalue weighted by Gasteiger charge is 2.09. The molecular formula is C18H14BrClN4O2. The van der Waals surface area contributed by atoms with E-state index in [4.69, 9.17) is 11.6 Å². The van der Waals surface area contributed by atoms with Crippen LogP contribution in [0, 0.1) is 0 Å². The highest BCUT2D eigenvalue weighted by Crippen LogP contribution is 2.19. The maximum atomic E-state index is 12.1. The van der Waals surface area contributed by atoms with Crippen molar-refractivity contribution in [2.75, 3.05) is 0 Å². The van der Waals surface area contributed by atoms with Gasteiger partial charge in [-0.05, 0) is 42.0 Å². The zero-order valence-corrected chi connectivity index (χ0v) is 15.8. The maximum Gasteiger partial charge on any atom is 0.291 e. The summed E-state index contributed by atoms with van der Waals surface area (Å²) in [6.45, 7) is 0.527. The number of amides is 1. The Bertz CT molecular complexity index is 954. The monoisotopic (exact) mass is 432 g/mol. The summed E-state index contributed by atoms with van der Waals surface area (Å²) >= 11 is 9.17. The number of benzene rings is 2. The minimum absolute atomic E-state index is 0.0680. The van der Waals surface area contributed by atoms with Gasteiger partial charge in [-0.3, -0.25) is 9.48 Å². The van der Waals surface area contributed by atoms with Crippen LogP contribution in [0.2, 0.25) is 5.02 Å². The second kappa shape index (κ2) is 8.16. The number of aromatic nitrogens is 2. The standard InChI is InChI=1S/C18H14BrClN4O2/c19-14-3-6-17(25)13(9-14)10-21-22-18(26)16-7-8-24(23-16)11-12-1-4-15(20)5-2-12/h1-10,25H,11H2,(H,22,26). The molecule has 2 N–H and O–H groups in total. The molecule has 1 heterocycles. The van der Waals surface area contributed by atoms with Crippen LogP contribution in [0.1, 0.15) is 21.6 Å². The molecule has 0 aliphatic rings. The van der Waals surface area contributed by atoms with E-state index in [0.717, 1.165) is 10.0 Å². The van der Waals surface area contributed by atoms with E-state index in [1.807, 2.05) is 12.1 Å². The van der Waals surface area contributed by atoms with Gasteiger partial charge in [-0.25, -0.2) is 5.43 Å². The van der Waals surface area contributed by atoms with Crippen molar-refractivity contribution in [2.24, 2.45) is 5.10 Å². The van der Waals surface area contributed by atoms with Crippen LogP contribution in [0.3, 0.4) is 0 Å². The van der Waals surface area contributed by atoms with Crippen LogP contribution in [0.4, 0.5) is 0 Å². The number of halogens is 2. The van der Waals surface area contributed by atoms with E-state index in [1.54, 1.807) is 41.2 Å². The Hall–Kier alpha value is -2.64. The second-order valence-electron chi connectivity index (χ2n) is 5.43. The van der Waals surface area contributed by atoms with Gasteiger partial charge in [0.25, 0.3) is 5.91 Å². The van der Waals surface area contributed by atoms with Crippen molar-refractivity contribution in [3.05, 3.63) is 81.0 Å². The maximum absolute atomic E-state index is 12.1. The number of hydrogen-bond acceptors (Lipinski definition) is 4. The van der Waals surface area contributed by atoms with Crippen LogP contribution in [-0.4, -0.2) is 27.0 Å². The lowest BCUT2D eigenvalue weighted by molar-refractivity contribution is 0.0949. The van der Waals surface area contributed by atoms with Crippen LogP contribution < -0.4 is 5.43 Å². The van der Waals surface area contributed by atoms with Crippen LogP contribution >= 0.6 is 27.5 Å². The van der Waals surface area contributed by atoms with Gasteiger partial charge in [0, 0.05) is 21.3 Å². The smallest absolute Gasteiger partial charge is 0.291 e. The second-order valence-corrected chi connectivity index (χ2v) is 6.78. The van der Waals surface area contributed by atoms with Gasteiger partial charge in [0.15, 0.2) is 5.69 Å². The number of carbonyl (C=O) groups is 1. The highest BCUT2D eigenvalue weighted by molar-refractivity contribution is 9.10. The molecule has 1 aromatic heterocycles. The molecule has 1 amide bonds. The number of carbonyl (C=O) groups excluding carboxylic acids is 1. The molecule has 3 rings (SSSR count). The van der Waals surface area contributed by atoms with Crippen molar-refractivity contribution in [1.82, 2.24) is 15.2 Å². The molecule has 26 heavy (non-hydrogen) atoms. The number of hydrogen-bond donors (Lipinski definition) is 2. The summed E-state index contributed by atoms with van der Waals surface area (Å²) in [5, 5.41) is 18.5. The largest absolute Gasteiger partial charge is 0.507 e. The SMILES string of the molecule is O=C(NN=Cc1cc(Br)ccc1O)c1ccn(Cc2ccc(Cl)cc2)n1. The Morgan fingerprint density at radius 2 is 2.04 bits per heavy atom. The molecule has 0 atom stereocenters. The summed E-state index contributed by atoms with van der Waals surface area (Å²) in [5.74, 6) is -0.371. The molecule has 0 saturated heterocycles. The number of hydrazone groups is 1. The molecular weight excluding hydrogens is 420 g/mol. The topological polar surface area (TPSA) is 79.5 Å². The lowest BCUT2D eigenvalue weighted by Crippen LogP contribution is -2.18. The Labute approximate surface area is 163 Å². The predicted octanol–water partition coefficient (Wildman–Crippen LogP) is 3.82. The van der Waals surface area contributed by atoms with Gasteiger partial charge in [0.2, 0.25) is 0 Å². The summed E-state index contributed by atoms with van der Waals surface area (Å²) in [7, 11) is 0. The molecule has 0 aliphatic carbocycles. The van der Waals surface area contributed by atoms with E-state index in [1.165, 1.54) is 12.3 Å². The third-order valence-corrected chi connectivity index (χ3v) is 4.24. The van der Waals surface area contributed by atoms with Gasteiger partial charge in [-0.15, -0.1) is 0 Å². The molecule has 0 spiro atoms. The fraction of sp³-hybridized carbons (Fsp3) is 0.0556. The van der Waals surface area contributed by atoms with Crippen LogP contribution in [0.25, 0.3) is 0 Å². The quantitative estimate of drug-likeness (QED) is 0.474. The predicted molar refractivity (Wildman–Crippen MR) is 104 cm³/mol. The van der Waals surface area contributed by atoms with Crippen molar-refractivity contribution in [3.63, 3.8) is 0 Å². The van der Waals surface area contributed by atoms with E-state index in [0.29, 0.717) is 17.1 Å². The Balaban J connectivity index is 1.62. The number of aromatic hydroxyl groups is 1. The van der Waals surface area contributed by atoms with Crippen LogP contribution in [0.15, 0.2) is 64.3 Å². The Morgan fingerprint density at radius 3 is 2.81 bits per heavy atom. The fourth-order valence-electron chi connectivity index (χ4n) is 2.19. The van der Waals surface area contributed by atoms with Gasteiger partial charge in [0.05, 0.1) is 12.8 Å². The molecule has 0 fully saturated rings. The third-order valence-electron chi connectivity index (χ3n) is 3.49. The molecule has 3 aromatic rings. The molecule has 0 aliphatic heterocycles. The number of phenols is 1. The Kier molecular flexibility index (Phi) is 5.70. The van der Waals surface area contributed by atoms with Crippen molar-refractivity contribution in [1.29, 1.82) is 0 Å². The normalized spacial score (nSPS) is 11.0. The summed E-state index contributed by atoms with van der Waals surface area (Å²) < 4.78 is 2.45. The van der Waals surface area contributed by atoms with Crippen molar-refractivity contribution in [2.45, 2.75) is 6.54 Å². The van der Waals surface area contributed by atoms with E-state index >= 15 is 0 Å². The molecule has 132 valence electrons. The van der Waals surface area contributed by atoms with Gasteiger partial charge in [0.1, 0.15) is 5.75 Å². The molecule has 8 heteroatoms. The summed E-state index contributed by atoms with van der Waals surface area (Å²) in [5.41, 5.74) is 4.14. The zero-order chi connectivity index (χ0) is 18.5. The lowest BCUT2D eigenvalue weighted by atomic mass is 10.2. The van der Waals surface area contributed by atoms with Crippen molar-refractivity contribution >= 4 is 39.7 Å². The molecule has 0 unspecified atom stereocenters. The van der Waals surface area contributed by atoms with Crippen molar-refractivity contribution in [3.8, 4) is 5.75 Å². The first kappa shape index (κ1) is 18.2. The van der Waals surface area contributed by atoms with E-state index in [9.17, 15) is 9.90 Å². The fourth-order valence-corrected chi connectivity index (χ4v) is 2.70. The van der Waals surface area contributed by atoms with Gasteiger partial charge >= 0.3 is 0 Å². The Morgan fingerprint density at radius 1 is 1.27 bits per heavy atom. The lowest BCUT2D eigenvalue weighted by Gasteiger charge is -2.02. The van der Waals surface area contributed by atoms with Crippen LogP contribution in [-0.2, 0) is 6.54 Å². The van der Waals surface area contributed by atoms with E-state index < -0.39 is 5.91 Å². The third kappa shape index (κ3) is 4.71. The summed E-state index contributed by atoms with van der Waals surface area (Å²) in [4.78, 5) is 12.1. The van der Waals surface area contributed by atoms with E-state index in [-0.39, 0.29) is 11.4 Å². The summed E-state index contributed by atoms with van der Waals surface area (Å²) in [6.07, 6.45) is 3.08. The average molecular weight is 434 g/mol. The first-order valence-electron chi connectivity index (χ1n) is 7.61. The van der Waals surface area contributed by atoms with Crippen molar-refractivity contribution < 1.29 is 9.90 Å². The van der Waals surface area contributed by atoms with Gasteiger partial charge in [-0.1, -0.05) is 39.7 Å². The number of nitrogens with zero attached hydrogens (tertiary/aromatic N) is 3. The van der Waals surface area contributed by atoms with Gasteiger partial charge < -0.3 is 5.11 Å². The highest BCUT2D eigenvalue weighted by atomic mass is 79.9. The minimum atomic E-state index is -0.439. The first-order chi connectivity index (χ1) is 12.5. The molecule has 0 saturated carbocycles. The van der Waals surface area contributed by atoms with Crippen LogP contribution in [0.5, 0.6) is 5.75 Å². The first-order valence-corrected chi connectivity index (χ1v) is 8.78. The molecule has 2 aromatic carbocycles. The molecule has 6 nitrogen and oxygen atoms in total. The summed E-state index contributed by atoms with van der Waals surface area (Å²) in [6, 6.07) is 13.9. The number of phenolic OH excluding ortho intramolecular Hbond substituents is 1. The minimum Gasteiger partial charge on any atom is -0.507 e. The average Bonchev–Trinajstić information content (AvgIpc) is 3.08.